The summed E-state index contributed by atoms with van der Waals surface area (Å²) in [5.74, 6) is 0.476. The van der Waals surface area contributed by atoms with Crippen LogP contribution in [0.4, 0.5) is 0 Å². The molecule has 0 fully saturated rings. The molecule has 1 unspecified atom stereocenters. The number of aromatic nitrogens is 2. The van der Waals surface area contributed by atoms with Crippen LogP contribution < -0.4 is 10.5 Å². The summed E-state index contributed by atoms with van der Waals surface area (Å²) >= 11 is 0. The Balaban J connectivity index is 2.31. The number of rotatable bonds is 4. The maximum Gasteiger partial charge on any atom is 0.237 e. The van der Waals surface area contributed by atoms with Crippen LogP contribution >= 0.6 is 0 Å². The molecule has 18 heavy (non-hydrogen) atoms. The maximum absolute atomic E-state index is 6.20. The van der Waals surface area contributed by atoms with Crippen molar-refractivity contribution >= 4 is 0 Å². The Bertz CT molecular complexity index is 511. The number of nitrogens with zero attached hydrogens (tertiary/aromatic N) is 2. The van der Waals surface area contributed by atoms with Gasteiger partial charge in [-0.15, -0.1) is 0 Å². The summed E-state index contributed by atoms with van der Waals surface area (Å²) in [5, 5.41) is 0. The third kappa shape index (κ3) is 2.49. The van der Waals surface area contributed by atoms with E-state index in [1.54, 1.807) is 19.5 Å². The molecule has 0 aliphatic rings. The predicted molar refractivity (Wildman–Crippen MR) is 70.4 cm³/mol. The van der Waals surface area contributed by atoms with Crippen molar-refractivity contribution in [3.63, 3.8) is 0 Å². The van der Waals surface area contributed by atoms with Crippen molar-refractivity contribution in [2.24, 2.45) is 5.73 Å². The first-order valence-corrected chi connectivity index (χ1v) is 5.95. The Labute approximate surface area is 107 Å². The minimum Gasteiger partial charge on any atom is -0.480 e. The van der Waals surface area contributed by atoms with Gasteiger partial charge >= 0.3 is 0 Å². The number of aryl methyl sites for hydroxylation is 1. The maximum atomic E-state index is 6.20. The summed E-state index contributed by atoms with van der Waals surface area (Å²) in [6.07, 6.45) is 4.23. The van der Waals surface area contributed by atoms with Crippen molar-refractivity contribution in [1.29, 1.82) is 0 Å². The van der Waals surface area contributed by atoms with E-state index >= 15 is 0 Å². The average Bonchev–Trinajstić information content (AvgIpc) is 2.46. The molecule has 94 valence electrons. The molecule has 4 nitrogen and oxygen atoms in total. The molecule has 1 atom stereocenters. The zero-order valence-electron chi connectivity index (χ0n) is 10.6. The van der Waals surface area contributed by atoms with Gasteiger partial charge in [0.25, 0.3) is 0 Å². The molecular formula is C14H17N3O. The van der Waals surface area contributed by atoms with Crippen molar-refractivity contribution < 1.29 is 4.74 Å². The van der Waals surface area contributed by atoms with E-state index in [2.05, 4.69) is 29.0 Å². The first-order chi connectivity index (χ1) is 8.76. The highest BCUT2D eigenvalue weighted by atomic mass is 16.5. The highest BCUT2D eigenvalue weighted by Gasteiger charge is 2.16. The third-order valence-corrected chi connectivity index (χ3v) is 2.93. The summed E-state index contributed by atoms with van der Waals surface area (Å²) in [7, 11) is 1.57. The van der Waals surface area contributed by atoms with E-state index in [0.717, 1.165) is 12.0 Å². The number of ether oxygens (including phenoxy) is 1. The fourth-order valence-corrected chi connectivity index (χ4v) is 1.83. The normalized spacial score (nSPS) is 12.2. The Kier molecular flexibility index (Phi) is 3.89. The Morgan fingerprint density at radius 2 is 1.83 bits per heavy atom. The van der Waals surface area contributed by atoms with Gasteiger partial charge < -0.3 is 10.5 Å². The molecule has 0 aliphatic carbocycles. The van der Waals surface area contributed by atoms with Crippen LogP contribution in [0.5, 0.6) is 5.88 Å². The number of hydrogen-bond acceptors (Lipinski definition) is 4. The molecule has 0 saturated heterocycles. The van der Waals surface area contributed by atoms with Gasteiger partial charge in [-0.25, -0.2) is 4.98 Å². The molecule has 1 heterocycles. The molecule has 0 spiro atoms. The molecule has 1 aromatic heterocycles. The fourth-order valence-electron chi connectivity index (χ4n) is 1.83. The zero-order chi connectivity index (χ0) is 13.0. The van der Waals surface area contributed by atoms with Crippen LogP contribution in [0.15, 0.2) is 36.7 Å². The first-order valence-electron chi connectivity index (χ1n) is 5.95. The molecule has 0 radical (unpaired) electrons. The molecule has 2 aromatic rings. The van der Waals surface area contributed by atoms with Gasteiger partial charge in [0.2, 0.25) is 5.88 Å². The van der Waals surface area contributed by atoms with Gasteiger partial charge in [-0.1, -0.05) is 31.2 Å². The zero-order valence-corrected chi connectivity index (χ0v) is 10.6. The third-order valence-electron chi connectivity index (χ3n) is 2.93. The van der Waals surface area contributed by atoms with E-state index in [1.165, 1.54) is 5.56 Å². The van der Waals surface area contributed by atoms with E-state index in [-0.39, 0.29) is 6.04 Å². The lowest BCUT2D eigenvalue weighted by atomic mass is 10.0. The molecule has 2 rings (SSSR count). The Hall–Kier alpha value is -1.94. The lowest BCUT2D eigenvalue weighted by Gasteiger charge is -2.14. The predicted octanol–water partition coefficient (Wildman–Crippen LogP) is 2.10. The van der Waals surface area contributed by atoms with Gasteiger partial charge in [-0.3, -0.25) is 4.98 Å². The molecule has 0 amide bonds. The van der Waals surface area contributed by atoms with Crippen LogP contribution in [0, 0.1) is 0 Å². The van der Waals surface area contributed by atoms with E-state index < -0.39 is 0 Å². The lowest BCUT2D eigenvalue weighted by Crippen LogP contribution is -2.15. The molecular weight excluding hydrogens is 226 g/mol. The molecule has 1 aromatic carbocycles. The van der Waals surface area contributed by atoms with E-state index in [4.69, 9.17) is 10.5 Å². The van der Waals surface area contributed by atoms with Crippen molar-refractivity contribution in [1.82, 2.24) is 9.97 Å². The second-order valence-electron chi connectivity index (χ2n) is 4.02. The number of hydrogen-bond donors (Lipinski definition) is 1. The SMILES string of the molecule is CCc1ccc(C(N)c2nccnc2OC)cc1. The van der Waals surface area contributed by atoms with Crippen molar-refractivity contribution in [2.75, 3.05) is 7.11 Å². The van der Waals surface area contributed by atoms with Gasteiger partial charge in [0.1, 0.15) is 5.69 Å². The van der Waals surface area contributed by atoms with E-state index in [0.29, 0.717) is 11.6 Å². The van der Waals surface area contributed by atoms with E-state index in [9.17, 15) is 0 Å². The summed E-state index contributed by atoms with van der Waals surface area (Å²) in [6, 6.07) is 7.89. The van der Waals surface area contributed by atoms with Crippen LogP contribution in [-0.4, -0.2) is 17.1 Å². The molecule has 0 saturated carbocycles. The highest BCUT2D eigenvalue weighted by Crippen LogP contribution is 2.24. The standard InChI is InChI=1S/C14H17N3O/c1-3-10-4-6-11(7-5-10)12(15)13-14(18-2)17-9-8-16-13/h4-9,12H,3,15H2,1-2H3. The number of nitrogens with two attached hydrogens (primary N) is 1. The van der Waals surface area contributed by atoms with Gasteiger partial charge in [-0.2, -0.15) is 0 Å². The van der Waals surface area contributed by atoms with Gasteiger partial charge in [0.05, 0.1) is 13.2 Å². The van der Waals surface area contributed by atoms with Crippen LogP contribution in [0.1, 0.15) is 29.8 Å². The lowest BCUT2D eigenvalue weighted by molar-refractivity contribution is 0.387. The largest absolute Gasteiger partial charge is 0.480 e. The Morgan fingerprint density at radius 3 is 2.44 bits per heavy atom. The summed E-state index contributed by atoms with van der Waals surface area (Å²) in [4.78, 5) is 8.37. The number of benzene rings is 1. The number of methoxy groups -OCH3 is 1. The summed E-state index contributed by atoms with van der Waals surface area (Å²) in [5.41, 5.74) is 9.15. The van der Waals surface area contributed by atoms with Crippen LogP contribution in [0.3, 0.4) is 0 Å². The van der Waals surface area contributed by atoms with Crippen LogP contribution in [-0.2, 0) is 6.42 Å². The minimum absolute atomic E-state index is 0.320. The van der Waals surface area contributed by atoms with Gasteiger partial charge in [0, 0.05) is 12.4 Å². The first kappa shape index (κ1) is 12.5. The van der Waals surface area contributed by atoms with Crippen molar-refractivity contribution in [3.8, 4) is 5.88 Å². The van der Waals surface area contributed by atoms with E-state index in [1.807, 2.05) is 12.1 Å². The monoisotopic (exact) mass is 243 g/mol. The van der Waals surface area contributed by atoms with Gasteiger partial charge in [-0.05, 0) is 17.5 Å². The smallest absolute Gasteiger partial charge is 0.237 e. The molecule has 0 aliphatic heterocycles. The topological polar surface area (TPSA) is 61.0 Å². The quantitative estimate of drug-likeness (QED) is 0.893. The Morgan fingerprint density at radius 1 is 1.17 bits per heavy atom. The highest BCUT2D eigenvalue weighted by molar-refractivity contribution is 5.33. The average molecular weight is 243 g/mol. The van der Waals surface area contributed by atoms with Crippen molar-refractivity contribution in [2.45, 2.75) is 19.4 Å². The second kappa shape index (κ2) is 5.60. The van der Waals surface area contributed by atoms with Gasteiger partial charge in [0.15, 0.2) is 0 Å². The van der Waals surface area contributed by atoms with Crippen molar-refractivity contribution in [3.05, 3.63) is 53.5 Å². The molecule has 2 N–H and O–H groups in total. The summed E-state index contributed by atoms with van der Waals surface area (Å²) in [6.45, 7) is 2.13. The van der Waals surface area contributed by atoms with Crippen LogP contribution in [0.25, 0.3) is 0 Å². The summed E-state index contributed by atoms with van der Waals surface area (Å²) < 4.78 is 5.18. The molecule has 4 heteroatoms. The fraction of sp³-hybridized carbons (Fsp3) is 0.286. The van der Waals surface area contributed by atoms with Crippen LogP contribution in [0.2, 0.25) is 0 Å². The molecule has 0 bridgehead atoms. The minimum atomic E-state index is -0.320. The second-order valence-corrected chi connectivity index (χ2v) is 4.02.